The number of benzene rings is 2. The van der Waals surface area contributed by atoms with E-state index in [0.29, 0.717) is 17.1 Å². The quantitative estimate of drug-likeness (QED) is 0.803. The van der Waals surface area contributed by atoms with E-state index < -0.39 is 6.04 Å². The minimum atomic E-state index is -0.635. The zero-order valence-electron chi connectivity index (χ0n) is 16.6. The lowest BCUT2D eigenvalue weighted by atomic mass is 10.0. The fourth-order valence-corrected chi connectivity index (χ4v) is 3.11. The second-order valence-electron chi connectivity index (χ2n) is 7.41. The molecule has 0 aromatic heterocycles. The predicted octanol–water partition coefficient (Wildman–Crippen LogP) is 3.36. The van der Waals surface area contributed by atoms with E-state index in [2.05, 4.69) is 10.6 Å². The molecular formula is C22H26N2O4. The first-order valence-corrected chi connectivity index (χ1v) is 9.42. The maximum Gasteiger partial charge on any atom is 0.251 e. The summed E-state index contributed by atoms with van der Waals surface area (Å²) < 4.78 is 10.7. The molecule has 2 aromatic carbocycles. The number of carbonyl (C=O) groups excluding carboxylic acids is 2. The largest absolute Gasteiger partial charge is 0.454 e. The molecule has 148 valence electrons. The molecule has 28 heavy (non-hydrogen) atoms. The Labute approximate surface area is 165 Å². The Morgan fingerprint density at radius 1 is 0.964 bits per heavy atom. The molecule has 2 atom stereocenters. The molecule has 1 aliphatic rings. The van der Waals surface area contributed by atoms with Gasteiger partial charge in [-0.25, -0.2) is 0 Å². The second-order valence-corrected chi connectivity index (χ2v) is 7.41. The molecule has 0 fully saturated rings. The minimum Gasteiger partial charge on any atom is -0.454 e. The number of carbonyl (C=O) groups is 2. The molecule has 0 radical (unpaired) electrons. The number of fused-ring (bicyclic) bond motifs is 1. The summed E-state index contributed by atoms with van der Waals surface area (Å²) in [5.41, 5.74) is 2.45. The summed E-state index contributed by atoms with van der Waals surface area (Å²) in [5.74, 6) is 0.840. The van der Waals surface area contributed by atoms with Crippen LogP contribution in [0.3, 0.4) is 0 Å². The average molecular weight is 382 g/mol. The van der Waals surface area contributed by atoms with E-state index in [4.69, 9.17) is 9.47 Å². The van der Waals surface area contributed by atoms with Crippen molar-refractivity contribution in [2.45, 2.75) is 39.8 Å². The summed E-state index contributed by atoms with van der Waals surface area (Å²) in [5, 5.41) is 5.85. The van der Waals surface area contributed by atoms with Gasteiger partial charge in [0.25, 0.3) is 5.91 Å². The summed E-state index contributed by atoms with van der Waals surface area (Å²) >= 11 is 0. The third kappa shape index (κ3) is 4.44. The fraction of sp³-hybridized carbons (Fsp3) is 0.364. The standard InChI is InChI=1S/C22H26N2O4/c1-13(2)20(24-21(25)17-7-5-6-14(3)10-17)22(26)23-15(4)16-8-9-18-19(11-16)28-12-27-18/h5-11,13,15,20H,12H2,1-4H3,(H,23,26)(H,24,25). The molecule has 0 aliphatic carbocycles. The van der Waals surface area contributed by atoms with Gasteiger partial charge in [-0.15, -0.1) is 0 Å². The Kier molecular flexibility index (Phi) is 5.87. The van der Waals surface area contributed by atoms with E-state index in [9.17, 15) is 9.59 Å². The Morgan fingerprint density at radius 2 is 1.71 bits per heavy atom. The van der Waals surface area contributed by atoms with E-state index in [-0.39, 0.29) is 30.6 Å². The van der Waals surface area contributed by atoms with Crippen LogP contribution in [0.15, 0.2) is 42.5 Å². The van der Waals surface area contributed by atoms with Gasteiger partial charge in [-0.05, 0) is 49.6 Å². The zero-order chi connectivity index (χ0) is 20.3. The second kappa shape index (κ2) is 8.33. The molecule has 2 N–H and O–H groups in total. The number of rotatable bonds is 6. The number of amides is 2. The van der Waals surface area contributed by atoms with Gasteiger partial charge in [0.05, 0.1) is 6.04 Å². The topological polar surface area (TPSA) is 76.7 Å². The van der Waals surface area contributed by atoms with Gasteiger partial charge in [-0.3, -0.25) is 9.59 Å². The highest BCUT2D eigenvalue weighted by Gasteiger charge is 2.26. The van der Waals surface area contributed by atoms with Crippen molar-refractivity contribution in [2.75, 3.05) is 6.79 Å². The molecule has 2 amide bonds. The summed E-state index contributed by atoms with van der Waals surface area (Å²) in [7, 11) is 0. The average Bonchev–Trinajstić information content (AvgIpc) is 3.13. The Bertz CT molecular complexity index is 879. The van der Waals surface area contributed by atoms with Gasteiger partial charge in [-0.1, -0.05) is 37.6 Å². The predicted molar refractivity (Wildman–Crippen MR) is 106 cm³/mol. The van der Waals surface area contributed by atoms with Crippen molar-refractivity contribution in [3.8, 4) is 11.5 Å². The van der Waals surface area contributed by atoms with Crippen LogP contribution in [0, 0.1) is 12.8 Å². The SMILES string of the molecule is Cc1cccc(C(=O)NC(C(=O)NC(C)c2ccc3c(c2)OCO3)C(C)C)c1. The van der Waals surface area contributed by atoms with Gasteiger partial charge in [0.2, 0.25) is 12.7 Å². The van der Waals surface area contributed by atoms with Crippen LogP contribution in [0.2, 0.25) is 0 Å². The van der Waals surface area contributed by atoms with Gasteiger partial charge < -0.3 is 20.1 Å². The monoisotopic (exact) mass is 382 g/mol. The highest BCUT2D eigenvalue weighted by molar-refractivity contribution is 5.97. The van der Waals surface area contributed by atoms with Gasteiger partial charge in [0.15, 0.2) is 11.5 Å². The maximum absolute atomic E-state index is 12.9. The van der Waals surface area contributed by atoms with Crippen molar-refractivity contribution in [2.24, 2.45) is 5.92 Å². The molecule has 1 aliphatic heterocycles. The molecule has 2 aromatic rings. The van der Waals surface area contributed by atoms with E-state index in [1.54, 1.807) is 12.1 Å². The van der Waals surface area contributed by atoms with E-state index in [1.165, 1.54) is 0 Å². The first-order chi connectivity index (χ1) is 13.3. The van der Waals surface area contributed by atoms with Crippen molar-refractivity contribution in [3.05, 3.63) is 59.2 Å². The molecule has 0 saturated heterocycles. The molecule has 0 bridgehead atoms. The smallest absolute Gasteiger partial charge is 0.251 e. The Hall–Kier alpha value is -3.02. The number of hydrogen-bond donors (Lipinski definition) is 2. The van der Waals surface area contributed by atoms with Crippen molar-refractivity contribution in [3.63, 3.8) is 0 Å². The van der Waals surface area contributed by atoms with Crippen molar-refractivity contribution in [1.29, 1.82) is 0 Å². The van der Waals surface area contributed by atoms with Crippen LogP contribution in [0.4, 0.5) is 0 Å². The normalized spacial score (nSPS) is 14.5. The molecule has 0 spiro atoms. The van der Waals surface area contributed by atoms with Gasteiger partial charge in [-0.2, -0.15) is 0 Å². The number of hydrogen-bond acceptors (Lipinski definition) is 4. The summed E-state index contributed by atoms with van der Waals surface area (Å²) in [6.45, 7) is 7.85. The van der Waals surface area contributed by atoms with Crippen LogP contribution in [0.5, 0.6) is 11.5 Å². The molecular weight excluding hydrogens is 356 g/mol. The van der Waals surface area contributed by atoms with Crippen LogP contribution in [0.25, 0.3) is 0 Å². The molecule has 3 rings (SSSR count). The highest BCUT2D eigenvalue weighted by atomic mass is 16.7. The summed E-state index contributed by atoms with van der Waals surface area (Å²) in [6, 6.07) is 12.0. The molecule has 0 saturated carbocycles. The van der Waals surface area contributed by atoms with Crippen LogP contribution in [-0.2, 0) is 4.79 Å². The van der Waals surface area contributed by atoms with E-state index in [0.717, 1.165) is 11.1 Å². The van der Waals surface area contributed by atoms with Crippen molar-refractivity contribution < 1.29 is 19.1 Å². The highest BCUT2D eigenvalue weighted by Crippen LogP contribution is 2.34. The first kappa shape index (κ1) is 19.7. The summed E-state index contributed by atoms with van der Waals surface area (Å²) in [4.78, 5) is 25.4. The first-order valence-electron chi connectivity index (χ1n) is 9.42. The number of ether oxygens (including phenoxy) is 2. The van der Waals surface area contributed by atoms with E-state index in [1.807, 2.05) is 58.0 Å². The number of aryl methyl sites for hydroxylation is 1. The molecule has 6 nitrogen and oxygen atoms in total. The van der Waals surface area contributed by atoms with Gasteiger partial charge >= 0.3 is 0 Å². The Balaban J connectivity index is 1.68. The lowest BCUT2D eigenvalue weighted by Crippen LogP contribution is -2.50. The van der Waals surface area contributed by atoms with Crippen molar-refractivity contribution in [1.82, 2.24) is 10.6 Å². The minimum absolute atomic E-state index is 0.0577. The van der Waals surface area contributed by atoms with Crippen LogP contribution in [-0.4, -0.2) is 24.6 Å². The number of nitrogens with one attached hydrogen (secondary N) is 2. The van der Waals surface area contributed by atoms with Gasteiger partial charge in [0.1, 0.15) is 6.04 Å². The fourth-order valence-electron chi connectivity index (χ4n) is 3.11. The van der Waals surface area contributed by atoms with Gasteiger partial charge in [0, 0.05) is 5.56 Å². The van der Waals surface area contributed by atoms with Crippen LogP contribution in [0.1, 0.15) is 48.3 Å². The Morgan fingerprint density at radius 3 is 2.43 bits per heavy atom. The van der Waals surface area contributed by atoms with E-state index >= 15 is 0 Å². The van der Waals surface area contributed by atoms with Crippen LogP contribution >= 0.6 is 0 Å². The third-order valence-electron chi connectivity index (χ3n) is 4.77. The lowest BCUT2D eigenvalue weighted by molar-refractivity contribution is -0.124. The zero-order valence-corrected chi connectivity index (χ0v) is 16.6. The molecule has 2 unspecified atom stereocenters. The van der Waals surface area contributed by atoms with Crippen LogP contribution < -0.4 is 20.1 Å². The lowest BCUT2D eigenvalue weighted by Gasteiger charge is -2.24. The maximum atomic E-state index is 12.9. The van der Waals surface area contributed by atoms with Crippen molar-refractivity contribution >= 4 is 11.8 Å². The summed E-state index contributed by atoms with van der Waals surface area (Å²) in [6.07, 6.45) is 0. The molecule has 1 heterocycles. The third-order valence-corrected chi connectivity index (χ3v) is 4.77. The molecule has 6 heteroatoms.